The molecule has 24 heavy (non-hydrogen) atoms. The molecule has 1 aromatic heterocycles. The van der Waals surface area contributed by atoms with Gasteiger partial charge in [0.1, 0.15) is 5.75 Å². The molecule has 5 heteroatoms. The van der Waals surface area contributed by atoms with Crippen LogP contribution in [0.3, 0.4) is 0 Å². The summed E-state index contributed by atoms with van der Waals surface area (Å²) in [6, 6.07) is 13.9. The summed E-state index contributed by atoms with van der Waals surface area (Å²) in [4.78, 5) is 19.0. The van der Waals surface area contributed by atoms with Gasteiger partial charge in [0.15, 0.2) is 0 Å². The second-order valence-electron chi connectivity index (χ2n) is 5.97. The molecule has 2 atom stereocenters. The second kappa shape index (κ2) is 7.71. The van der Waals surface area contributed by atoms with E-state index in [0.717, 1.165) is 30.3 Å². The summed E-state index contributed by atoms with van der Waals surface area (Å²) >= 11 is 1.52. The van der Waals surface area contributed by atoms with E-state index in [1.807, 2.05) is 42.2 Å². The molecule has 2 heterocycles. The molecule has 0 bridgehead atoms. The van der Waals surface area contributed by atoms with Gasteiger partial charge in [0.2, 0.25) is 5.91 Å². The van der Waals surface area contributed by atoms with Crippen LogP contribution in [-0.2, 0) is 4.79 Å². The number of benzene rings is 1. The lowest BCUT2D eigenvalue weighted by atomic mass is 9.98. The third kappa shape index (κ3) is 3.90. The van der Waals surface area contributed by atoms with E-state index >= 15 is 0 Å². The molecule has 2 aromatic rings. The van der Waals surface area contributed by atoms with Crippen LogP contribution in [0, 0.1) is 0 Å². The van der Waals surface area contributed by atoms with Crippen LogP contribution in [0.25, 0.3) is 0 Å². The Morgan fingerprint density at radius 2 is 2.08 bits per heavy atom. The maximum Gasteiger partial charge on any atom is 0.235 e. The molecular formula is C19H22N2O2S. The van der Waals surface area contributed by atoms with Crippen LogP contribution in [0.2, 0.25) is 0 Å². The number of thioether (sulfide) groups is 1. The number of ether oxygens (including phenoxy) is 1. The van der Waals surface area contributed by atoms with Crippen LogP contribution in [0.5, 0.6) is 5.75 Å². The molecule has 0 aliphatic carbocycles. The molecule has 1 fully saturated rings. The highest BCUT2D eigenvalue weighted by molar-refractivity contribution is 8.00. The monoisotopic (exact) mass is 342 g/mol. The van der Waals surface area contributed by atoms with Crippen molar-refractivity contribution >= 4 is 17.7 Å². The first-order chi connectivity index (χ1) is 11.7. The van der Waals surface area contributed by atoms with Crippen LogP contribution >= 0.6 is 11.8 Å². The van der Waals surface area contributed by atoms with Gasteiger partial charge < -0.3 is 9.64 Å². The number of carbonyl (C=O) groups excluding carboxylic acids is 1. The SMILES string of the molecule is COc1ccc([C@@H]2CCN(C(=O)[C@H](C)Sc3ccccn3)C2)cc1. The Morgan fingerprint density at radius 3 is 2.75 bits per heavy atom. The van der Waals surface area contributed by atoms with Crippen molar-refractivity contribution in [2.45, 2.75) is 29.5 Å². The quantitative estimate of drug-likeness (QED) is 0.779. The number of methoxy groups -OCH3 is 1. The third-order valence-corrected chi connectivity index (χ3v) is 5.41. The molecule has 1 amide bonds. The molecule has 1 aliphatic heterocycles. The molecular weight excluding hydrogens is 320 g/mol. The first-order valence-electron chi connectivity index (χ1n) is 8.18. The van der Waals surface area contributed by atoms with Crippen molar-refractivity contribution in [3.8, 4) is 5.75 Å². The van der Waals surface area contributed by atoms with Crippen molar-refractivity contribution in [2.75, 3.05) is 20.2 Å². The van der Waals surface area contributed by atoms with E-state index in [2.05, 4.69) is 17.1 Å². The topological polar surface area (TPSA) is 42.4 Å². The van der Waals surface area contributed by atoms with Gasteiger partial charge in [0, 0.05) is 25.2 Å². The highest BCUT2D eigenvalue weighted by Crippen LogP contribution is 2.30. The lowest BCUT2D eigenvalue weighted by Crippen LogP contribution is -2.34. The minimum absolute atomic E-state index is 0.116. The van der Waals surface area contributed by atoms with Crippen LogP contribution in [-0.4, -0.2) is 41.2 Å². The van der Waals surface area contributed by atoms with Crippen LogP contribution in [0.4, 0.5) is 0 Å². The third-order valence-electron chi connectivity index (χ3n) is 4.37. The highest BCUT2D eigenvalue weighted by atomic mass is 32.2. The fraction of sp³-hybridized carbons (Fsp3) is 0.368. The van der Waals surface area contributed by atoms with Gasteiger partial charge in [-0.15, -0.1) is 0 Å². The summed E-state index contributed by atoms with van der Waals surface area (Å²) in [6.45, 7) is 3.57. The maximum absolute atomic E-state index is 12.7. The van der Waals surface area contributed by atoms with Gasteiger partial charge in [-0.05, 0) is 43.2 Å². The Bertz CT molecular complexity index is 676. The van der Waals surface area contributed by atoms with Gasteiger partial charge in [-0.1, -0.05) is 30.0 Å². The van der Waals surface area contributed by atoms with Crippen molar-refractivity contribution in [1.29, 1.82) is 0 Å². The number of pyridine rings is 1. The first kappa shape index (κ1) is 16.8. The largest absolute Gasteiger partial charge is 0.497 e. The van der Waals surface area contributed by atoms with Crippen LogP contribution in [0.1, 0.15) is 24.8 Å². The summed E-state index contributed by atoms with van der Waals surface area (Å²) in [5.74, 6) is 1.47. The summed E-state index contributed by atoms with van der Waals surface area (Å²) < 4.78 is 5.21. The van der Waals surface area contributed by atoms with Crippen molar-refractivity contribution in [2.24, 2.45) is 0 Å². The predicted octanol–water partition coefficient (Wildman–Crippen LogP) is 3.59. The predicted molar refractivity (Wildman–Crippen MR) is 96.5 cm³/mol. The Labute approximate surface area is 147 Å². The smallest absolute Gasteiger partial charge is 0.235 e. The number of rotatable bonds is 5. The number of nitrogens with zero attached hydrogens (tertiary/aromatic N) is 2. The minimum atomic E-state index is -0.116. The molecule has 1 aromatic carbocycles. The summed E-state index contributed by atoms with van der Waals surface area (Å²) in [6.07, 6.45) is 2.77. The second-order valence-corrected chi connectivity index (χ2v) is 7.33. The molecule has 0 spiro atoms. The average molecular weight is 342 g/mol. The standard InChI is InChI=1S/C19H22N2O2S/c1-14(24-18-5-3-4-11-20-18)19(22)21-12-10-16(13-21)15-6-8-17(23-2)9-7-15/h3-9,11,14,16H,10,12-13H2,1-2H3/t14-,16+/m0/s1. The van der Waals surface area contributed by atoms with E-state index in [-0.39, 0.29) is 11.2 Å². The lowest BCUT2D eigenvalue weighted by molar-refractivity contribution is -0.129. The van der Waals surface area contributed by atoms with Crippen molar-refractivity contribution in [1.82, 2.24) is 9.88 Å². The van der Waals surface area contributed by atoms with E-state index in [0.29, 0.717) is 5.92 Å². The highest BCUT2D eigenvalue weighted by Gasteiger charge is 2.30. The molecule has 4 nitrogen and oxygen atoms in total. The van der Waals surface area contributed by atoms with E-state index < -0.39 is 0 Å². The number of carbonyl (C=O) groups is 1. The molecule has 126 valence electrons. The summed E-state index contributed by atoms with van der Waals surface area (Å²) in [7, 11) is 1.67. The Hall–Kier alpha value is -2.01. The van der Waals surface area contributed by atoms with E-state index in [1.165, 1.54) is 17.3 Å². The molecule has 0 unspecified atom stereocenters. The van der Waals surface area contributed by atoms with Crippen molar-refractivity contribution in [3.63, 3.8) is 0 Å². The molecule has 0 N–H and O–H groups in total. The lowest BCUT2D eigenvalue weighted by Gasteiger charge is -2.20. The molecule has 1 saturated heterocycles. The van der Waals surface area contributed by atoms with E-state index in [4.69, 9.17) is 4.74 Å². The first-order valence-corrected chi connectivity index (χ1v) is 9.06. The zero-order valence-electron chi connectivity index (χ0n) is 14.0. The Kier molecular flexibility index (Phi) is 5.41. The fourth-order valence-corrected chi connectivity index (χ4v) is 3.91. The zero-order valence-corrected chi connectivity index (χ0v) is 14.8. The zero-order chi connectivity index (χ0) is 16.9. The van der Waals surface area contributed by atoms with Gasteiger partial charge in [-0.2, -0.15) is 0 Å². The molecule has 0 radical (unpaired) electrons. The minimum Gasteiger partial charge on any atom is -0.497 e. The van der Waals surface area contributed by atoms with Gasteiger partial charge in [0.05, 0.1) is 17.4 Å². The molecule has 1 aliphatic rings. The van der Waals surface area contributed by atoms with Crippen LogP contribution < -0.4 is 4.74 Å². The van der Waals surface area contributed by atoms with Gasteiger partial charge in [-0.3, -0.25) is 4.79 Å². The Balaban J connectivity index is 1.58. The summed E-state index contributed by atoms with van der Waals surface area (Å²) in [5.41, 5.74) is 1.27. The average Bonchev–Trinajstić information content (AvgIpc) is 3.12. The number of aromatic nitrogens is 1. The number of hydrogen-bond acceptors (Lipinski definition) is 4. The van der Waals surface area contributed by atoms with Gasteiger partial charge in [-0.25, -0.2) is 4.98 Å². The molecule has 0 saturated carbocycles. The summed E-state index contributed by atoms with van der Waals surface area (Å²) in [5, 5.41) is 0.777. The maximum atomic E-state index is 12.7. The van der Waals surface area contributed by atoms with E-state index in [9.17, 15) is 4.79 Å². The molecule has 3 rings (SSSR count). The van der Waals surface area contributed by atoms with Gasteiger partial charge >= 0.3 is 0 Å². The number of amides is 1. The van der Waals surface area contributed by atoms with Gasteiger partial charge in [0.25, 0.3) is 0 Å². The number of hydrogen-bond donors (Lipinski definition) is 0. The Morgan fingerprint density at radius 1 is 1.29 bits per heavy atom. The normalized spacial score (nSPS) is 18.4. The van der Waals surface area contributed by atoms with E-state index in [1.54, 1.807) is 13.3 Å². The van der Waals surface area contributed by atoms with Crippen molar-refractivity contribution < 1.29 is 9.53 Å². The fourth-order valence-electron chi connectivity index (χ4n) is 3.01. The van der Waals surface area contributed by atoms with Crippen molar-refractivity contribution in [3.05, 3.63) is 54.2 Å². The number of likely N-dealkylation sites (tertiary alicyclic amines) is 1. The van der Waals surface area contributed by atoms with Crippen LogP contribution in [0.15, 0.2) is 53.7 Å².